The molecule has 0 aromatic rings. The maximum absolute atomic E-state index is 8.36. The summed E-state index contributed by atoms with van der Waals surface area (Å²) in [6.07, 6.45) is 16.9. The molecule has 2 N–H and O–H groups in total. The van der Waals surface area contributed by atoms with Crippen LogP contribution in [0.5, 0.6) is 0 Å². The van der Waals surface area contributed by atoms with Gasteiger partial charge in [0.05, 0.1) is 0 Å². The first-order valence-electron chi connectivity index (χ1n) is 8.69. The lowest BCUT2D eigenvalue weighted by Gasteiger charge is -2.04. The SMILES string of the molecule is CCCCCCCCNCCCCCCCC.O=[N+]([O-])O. The van der Waals surface area contributed by atoms with E-state index in [9.17, 15) is 0 Å². The standard InChI is InChI=1S/C16H35N.HNO3/c1-3-5-7-9-11-13-15-17-16-14-12-10-8-6-4-2;2-1(3)4/h17H,3-16H2,1-2H3;(H,2,3,4). The molecule has 0 aliphatic carbocycles. The Bertz CT molecular complexity index is 184. The molecule has 0 unspecified atom stereocenters. The minimum atomic E-state index is -1.50. The van der Waals surface area contributed by atoms with Crippen molar-refractivity contribution in [3.63, 3.8) is 0 Å². The minimum absolute atomic E-state index is 1.24. The molecule has 0 radical (unpaired) electrons. The van der Waals surface area contributed by atoms with E-state index in [4.69, 9.17) is 15.3 Å². The molecule has 0 aromatic carbocycles. The van der Waals surface area contributed by atoms with E-state index in [0.717, 1.165) is 0 Å². The molecule has 0 aliphatic rings. The summed E-state index contributed by atoms with van der Waals surface area (Å²) in [5.74, 6) is 0. The molecule has 0 saturated carbocycles. The molecular formula is C16H36N2O3. The van der Waals surface area contributed by atoms with Crippen molar-refractivity contribution in [3.8, 4) is 0 Å². The van der Waals surface area contributed by atoms with Crippen molar-refractivity contribution in [2.24, 2.45) is 0 Å². The molecular weight excluding hydrogens is 268 g/mol. The van der Waals surface area contributed by atoms with E-state index < -0.39 is 5.09 Å². The smallest absolute Gasteiger partial charge is 0.291 e. The predicted octanol–water partition coefficient (Wildman–Crippen LogP) is 4.95. The number of rotatable bonds is 14. The molecule has 0 aromatic heterocycles. The summed E-state index contributed by atoms with van der Waals surface area (Å²) in [7, 11) is 0. The molecule has 0 spiro atoms. The van der Waals surface area contributed by atoms with E-state index >= 15 is 0 Å². The largest absolute Gasteiger partial charge is 0.328 e. The summed E-state index contributed by atoms with van der Waals surface area (Å²) in [4.78, 5) is 8.36. The molecule has 0 aliphatic heterocycles. The van der Waals surface area contributed by atoms with Crippen LogP contribution in [0.25, 0.3) is 0 Å². The second-order valence-electron chi connectivity index (χ2n) is 5.52. The Labute approximate surface area is 130 Å². The van der Waals surface area contributed by atoms with Gasteiger partial charge < -0.3 is 10.5 Å². The average molecular weight is 304 g/mol. The van der Waals surface area contributed by atoms with Crippen LogP contribution in [0.4, 0.5) is 0 Å². The highest BCUT2D eigenvalue weighted by Crippen LogP contribution is 2.05. The Hall–Kier alpha value is -0.840. The van der Waals surface area contributed by atoms with E-state index in [1.54, 1.807) is 0 Å². The Morgan fingerprint density at radius 2 is 1.05 bits per heavy atom. The lowest BCUT2D eigenvalue weighted by Crippen LogP contribution is -2.16. The monoisotopic (exact) mass is 304 g/mol. The van der Waals surface area contributed by atoms with Gasteiger partial charge >= 0.3 is 0 Å². The molecule has 0 amide bonds. The molecule has 0 rings (SSSR count). The van der Waals surface area contributed by atoms with Crippen LogP contribution in [0.15, 0.2) is 0 Å². The lowest BCUT2D eigenvalue weighted by atomic mass is 10.1. The van der Waals surface area contributed by atoms with E-state index in [0.29, 0.717) is 0 Å². The fourth-order valence-electron chi connectivity index (χ4n) is 2.19. The minimum Gasteiger partial charge on any atom is -0.328 e. The van der Waals surface area contributed by atoms with Crippen LogP contribution in [-0.2, 0) is 0 Å². The Morgan fingerprint density at radius 3 is 1.38 bits per heavy atom. The van der Waals surface area contributed by atoms with Crippen molar-refractivity contribution in [1.82, 2.24) is 5.32 Å². The summed E-state index contributed by atoms with van der Waals surface area (Å²) < 4.78 is 0. The number of nitrogens with zero attached hydrogens (tertiary/aromatic N) is 1. The van der Waals surface area contributed by atoms with Crippen molar-refractivity contribution in [1.29, 1.82) is 0 Å². The van der Waals surface area contributed by atoms with Crippen LogP contribution in [0.3, 0.4) is 0 Å². The van der Waals surface area contributed by atoms with Crippen LogP contribution in [0.1, 0.15) is 90.9 Å². The summed E-state index contributed by atoms with van der Waals surface area (Å²) >= 11 is 0. The van der Waals surface area contributed by atoms with Crippen LogP contribution in [0, 0.1) is 10.1 Å². The van der Waals surface area contributed by atoms with Gasteiger partial charge in [-0.2, -0.15) is 0 Å². The molecule has 0 heterocycles. The zero-order valence-electron chi connectivity index (χ0n) is 14.1. The zero-order valence-corrected chi connectivity index (χ0v) is 14.1. The number of nitrogens with one attached hydrogen (secondary N) is 1. The molecule has 0 fully saturated rings. The van der Waals surface area contributed by atoms with Gasteiger partial charge in [0.25, 0.3) is 5.09 Å². The summed E-state index contributed by atoms with van der Waals surface area (Å²) in [5.41, 5.74) is 0. The van der Waals surface area contributed by atoms with Crippen molar-refractivity contribution >= 4 is 0 Å². The van der Waals surface area contributed by atoms with Gasteiger partial charge in [-0.1, -0.05) is 78.1 Å². The quantitative estimate of drug-likeness (QED) is 0.270. The Balaban J connectivity index is 0. The van der Waals surface area contributed by atoms with Crippen LogP contribution in [0.2, 0.25) is 0 Å². The van der Waals surface area contributed by atoms with E-state index in [2.05, 4.69) is 19.2 Å². The van der Waals surface area contributed by atoms with Crippen molar-refractivity contribution in [2.75, 3.05) is 13.1 Å². The first-order valence-corrected chi connectivity index (χ1v) is 8.69. The summed E-state index contributed by atoms with van der Waals surface area (Å²) in [6, 6.07) is 0. The third-order valence-electron chi connectivity index (χ3n) is 3.41. The fraction of sp³-hybridized carbons (Fsp3) is 1.00. The van der Waals surface area contributed by atoms with Gasteiger partial charge in [-0.25, -0.2) is 0 Å². The second-order valence-corrected chi connectivity index (χ2v) is 5.52. The van der Waals surface area contributed by atoms with Gasteiger partial charge in [-0.05, 0) is 25.9 Å². The normalized spacial score (nSPS) is 10.0. The second kappa shape index (κ2) is 21.5. The van der Waals surface area contributed by atoms with Crippen LogP contribution in [-0.4, -0.2) is 23.4 Å². The van der Waals surface area contributed by atoms with E-state index in [-0.39, 0.29) is 0 Å². The highest BCUT2D eigenvalue weighted by molar-refractivity contribution is 4.51. The van der Waals surface area contributed by atoms with Gasteiger partial charge in [-0.3, -0.25) is 0 Å². The Kier molecular flexibility index (Phi) is 22.9. The number of hydrogen-bond donors (Lipinski definition) is 2. The van der Waals surface area contributed by atoms with Gasteiger partial charge in [0.2, 0.25) is 0 Å². The van der Waals surface area contributed by atoms with Crippen LogP contribution >= 0.6 is 0 Å². The van der Waals surface area contributed by atoms with Gasteiger partial charge in [0.15, 0.2) is 0 Å². The highest BCUT2D eigenvalue weighted by Gasteiger charge is 1.92. The van der Waals surface area contributed by atoms with E-state index in [1.165, 1.54) is 90.1 Å². The molecule has 0 saturated heterocycles. The maximum Gasteiger partial charge on any atom is 0.291 e. The highest BCUT2D eigenvalue weighted by atomic mass is 16.9. The third-order valence-corrected chi connectivity index (χ3v) is 3.41. The van der Waals surface area contributed by atoms with Gasteiger partial charge in [-0.15, -0.1) is 10.1 Å². The lowest BCUT2D eigenvalue weighted by molar-refractivity contribution is -0.742. The maximum atomic E-state index is 8.36. The van der Waals surface area contributed by atoms with Gasteiger partial charge in [0.1, 0.15) is 0 Å². The first-order chi connectivity index (χ1) is 10.1. The zero-order chi connectivity index (χ0) is 16.2. The molecule has 0 atom stereocenters. The van der Waals surface area contributed by atoms with E-state index in [1.807, 2.05) is 0 Å². The number of hydrogen-bond acceptors (Lipinski definition) is 3. The molecule has 5 heteroatoms. The topological polar surface area (TPSA) is 75.4 Å². The molecule has 21 heavy (non-hydrogen) atoms. The third kappa shape index (κ3) is 32.6. The first kappa shape index (κ1) is 22.4. The molecule has 128 valence electrons. The predicted molar refractivity (Wildman–Crippen MR) is 88.4 cm³/mol. The summed E-state index contributed by atoms with van der Waals surface area (Å²) in [5, 5.41) is 17.2. The number of unbranched alkanes of at least 4 members (excludes halogenated alkanes) is 10. The van der Waals surface area contributed by atoms with Gasteiger partial charge in [0, 0.05) is 0 Å². The molecule has 5 nitrogen and oxygen atoms in total. The average Bonchev–Trinajstić information content (AvgIpc) is 2.43. The van der Waals surface area contributed by atoms with Crippen molar-refractivity contribution < 1.29 is 10.3 Å². The van der Waals surface area contributed by atoms with Crippen LogP contribution < -0.4 is 5.32 Å². The van der Waals surface area contributed by atoms with Crippen molar-refractivity contribution in [2.45, 2.75) is 90.9 Å². The van der Waals surface area contributed by atoms with Crippen molar-refractivity contribution in [3.05, 3.63) is 10.1 Å². The fourth-order valence-corrected chi connectivity index (χ4v) is 2.19. The summed E-state index contributed by atoms with van der Waals surface area (Å²) in [6.45, 7) is 7.03. The Morgan fingerprint density at radius 1 is 0.762 bits per heavy atom. The molecule has 0 bridgehead atoms.